The summed E-state index contributed by atoms with van der Waals surface area (Å²) >= 11 is 0. The molecule has 0 bridgehead atoms. The van der Waals surface area contributed by atoms with Crippen molar-refractivity contribution >= 4 is 5.97 Å². The fraction of sp³-hybridized carbons (Fsp3) is 0.250. The van der Waals surface area contributed by atoms with E-state index >= 15 is 0 Å². The summed E-state index contributed by atoms with van der Waals surface area (Å²) in [6.45, 7) is 3.25. The van der Waals surface area contributed by atoms with E-state index in [-0.39, 0.29) is 0 Å². The van der Waals surface area contributed by atoms with Crippen LogP contribution in [0.15, 0.2) is 24.3 Å². The SMILES string of the molecule is CC#Cc1ccc(O[C@@H](C)C(=O)O)cc1. The molecule has 0 spiro atoms. The molecule has 0 aliphatic carbocycles. The summed E-state index contributed by atoms with van der Waals surface area (Å²) in [7, 11) is 0. The Labute approximate surface area is 88.7 Å². The largest absolute Gasteiger partial charge is 0.479 e. The predicted octanol–water partition coefficient (Wildman–Crippen LogP) is 1.91. The van der Waals surface area contributed by atoms with E-state index in [2.05, 4.69) is 11.8 Å². The van der Waals surface area contributed by atoms with Crippen LogP contribution in [-0.4, -0.2) is 17.2 Å². The number of carbonyl (C=O) groups is 1. The van der Waals surface area contributed by atoms with Gasteiger partial charge in [-0.15, -0.1) is 5.92 Å². The second kappa shape index (κ2) is 5.06. The first kappa shape index (κ1) is 11.1. The molecule has 0 saturated carbocycles. The van der Waals surface area contributed by atoms with E-state index < -0.39 is 12.1 Å². The predicted molar refractivity (Wildman–Crippen MR) is 56.7 cm³/mol. The molecule has 0 radical (unpaired) electrons. The summed E-state index contributed by atoms with van der Waals surface area (Å²) in [5, 5.41) is 8.63. The molecule has 1 rings (SSSR count). The molecule has 15 heavy (non-hydrogen) atoms. The zero-order valence-electron chi connectivity index (χ0n) is 8.65. The molecule has 0 aromatic heterocycles. The molecule has 0 aliphatic rings. The van der Waals surface area contributed by atoms with Crippen LogP contribution in [0.4, 0.5) is 0 Å². The minimum atomic E-state index is -0.979. The maximum absolute atomic E-state index is 10.5. The molecule has 0 aliphatic heterocycles. The molecule has 0 saturated heterocycles. The van der Waals surface area contributed by atoms with Gasteiger partial charge in [-0.2, -0.15) is 0 Å². The average molecular weight is 204 g/mol. The molecule has 1 N–H and O–H groups in total. The van der Waals surface area contributed by atoms with Crippen LogP contribution in [0.2, 0.25) is 0 Å². The molecule has 0 amide bonds. The number of hydrogen-bond donors (Lipinski definition) is 1. The summed E-state index contributed by atoms with van der Waals surface area (Å²) in [4.78, 5) is 10.5. The Morgan fingerprint density at radius 2 is 2.00 bits per heavy atom. The van der Waals surface area contributed by atoms with Crippen molar-refractivity contribution in [3.05, 3.63) is 29.8 Å². The number of aliphatic carboxylic acids is 1. The third-order valence-electron chi connectivity index (χ3n) is 1.78. The van der Waals surface area contributed by atoms with E-state index in [1.807, 2.05) is 0 Å². The van der Waals surface area contributed by atoms with Crippen molar-refractivity contribution in [1.29, 1.82) is 0 Å². The van der Waals surface area contributed by atoms with Crippen molar-refractivity contribution < 1.29 is 14.6 Å². The van der Waals surface area contributed by atoms with Gasteiger partial charge in [-0.25, -0.2) is 4.79 Å². The normalized spacial score (nSPS) is 11.1. The highest BCUT2D eigenvalue weighted by Crippen LogP contribution is 2.13. The summed E-state index contributed by atoms with van der Waals surface area (Å²) < 4.78 is 5.16. The van der Waals surface area contributed by atoms with E-state index in [0.717, 1.165) is 5.56 Å². The smallest absolute Gasteiger partial charge is 0.344 e. The summed E-state index contributed by atoms with van der Waals surface area (Å²) in [5.74, 6) is 5.22. The lowest BCUT2D eigenvalue weighted by atomic mass is 10.2. The highest BCUT2D eigenvalue weighted by Gasteiger charge is 2.11. The Morgan fingerprint density at radius 1 is 1.40 bits per heavy atom. The highest BCUT2D eigenvalue weighted by atomic mass is 16.5. The monoisotopic (exact) mass is 204 g/mol. The lowest BCUT2D eigenvalue weighted by molar-refractivity contribution is -0.144. The molecule has 1 aromatic rings. The van der Waals surface area contributed by atoms with Gasteiger partial charge < -0.3 is 9.84 Å². The molecule has 0 unspecified atom stereocenters. The maximum atomic E-state index is 10.5. The number of hydrogen-bond acceptors (Lipinski definition) is 2. The summed E-state index contributed by atoms with van der Waals surface area (Å²) in [6.07, 6.45) is -0.840. The topological polar surface area (TPSA) is 46.5 Å². The van der Waals surface area contributed by atoms with Crippen molar-refractivity contribution in [2.45, 2.75) is 20.0 Å². The third kappa shape index (κ3) is 3.35. The first-order chi connectivity index (χ1) is 7.13. The molecule has 1 atom stereocenters. The number of rotatable bonds is 3. The van der Waals surface area contributed by atoms with Gasteiger partial charge in [0.05, 0.1) is 0 Å². The lowest BCUT2D eigenvalue weighted by Gasteiger charge is -2.09. The van der Waals surface area contributed by atoms with Crippen molar-refractivity contribution in [1.82, 2.24) is 0 Å². The van der Waals surface area contributed by atoms with Gasteiger partial charge in [-0.1, -0.05) is 5.92 Å². The van der Waals surface area contributed by atoms with Gasteiger partial charge in [-0.3, -0.25) is 0 Å². The Bertz CT molecular complexity index is 395. The van der Waals surface area contributed by atoms with Crippen LogP contribution in [0, 0.1) is 11.8 Å². The van der Waals surface area contributed by atoms with Crippen molar-refractivity contribution in [3.63, 3.8) is 0 Å². The van der Waals surface area contributed by atoms with E-state index in [0.29, 0.717) is 5.75 Å². The number of benzene rings is 1. The Balaban J connectivity index is 2.71. The van der Waals surface area contributed by atoms with Crippen LogP contribution in [0.5, 0.6) is 5.75 Å². The van der Waals surface area contributed by atoms with Crippen LogP contribution in [0.1, 0.15) is 19.4 Å². The van der Waals surface area contributed by atoms with Gasteiger partial charge in [0.25, 0.3) is 0 Å². The third-order valence-corrected chi connectivity index (χ3v) is 1.78. The minimum absolute atomic E-state index is 0.534. The molecule has 78 valence electrons. The van der Waals surface area contributed by atoms with Gasteiger partial charge in [0.15, 0.2) is 6.10 Å². The van der Waals surface area contributed by atoms with Gasteiger partial charge in [0.1, 0.15) is 5.75 Å². The fourth-order valence-corrected chi connectivity index (χ4v) is 1.02. The van der Waals surface area contributed by atoms with E-state index in [4.69, 9.17) is 9.84 Å². The summed E-state index contributed by atoms with van der Waals surface area (Å²) in [5.41, 5.74) is 0.882. The molecular formula is C12H12O3. The van der Waals surface area contributed by atoms with Gasteiger partial charge in [0, 0.05) is 5.56 Å². The second-order valence-corrected chi connectivity index (χ2v) is 3.00. The summed E-state index contributed by atoms with van der Waals surface area (Å²) in [6, 6.07) is 7.00. The number of ether oxygens (including phenoxy) is 1. The standard InChI is InChI=1S/C12H12O3/c1-3-4-10-5-7-11(8-6-10)15-9(2)12(13)14/h5-9H,1-2H3,(H,13,14)/t9-/m0/s1. The Hall–Kier alpha value is -1.95. The zero-order valence-corrected chi connectivity index (χ0v) is 8.65. The van der Waals surface area contributed by atoms with Crippen LogP contribution in [-0.2, 0) is 4.79 Å². The number of carboxylic acid groups (broad SMARTS) is 1. The van der Waals surface area contributed by atoms with Crippen LogP contribution >= 0.6 is 0 Å². The molecular weight excluding hydrogens is 192 g/mol. The van der Waals surface area contributed by atoms with Gasteiger partial charge >= 0.3 is 5.97 Å². The fourth-order valence-electron chi connectivity index (χ4n) is 1.02. The lowest BCUT2D eigenvalue weighted by Crippen LogP contribution is -2.22. The van der Waals surface area contributed by atoms with E-state index in [1.165, 1.54) is 6.92 Å². The van der Waals surface area contributed by atoms with Crippen molar-refractivity contribution in [3.8, 4) is 17.6 Å². The average Bonchev–Trinajstić information content (AvgIpc) is 2.21. The Kier molecular flexibility index (Phi) is 3.75. The quantitative estimate of drug-likeness (QED) is 0.765. The van der Waals surface area contributed by atoms with Crippen LogP contribution in [0.3, 0.4) is 0 Å². The molecule has 0 fully saturated rings. The second-order valence-electron chi connectivity index (χ2n) is 3.00. The van der Waals surface area contributed by atoms with Gasteiger partial charge in [0.2, 0.25) is 0 Å². The first-order valence-electron chi connectivity index (χ1n) is 4.55. The van der Waals surface area contributed by atoms with Gasteiger partial charge in [-0.05, 0) is 38.1 Å². The molecule has 3 heteroatoms. The van der Waals surface area contributed by atoms with Crippen molar-refractivity contribution in [2.75, 3.05) is 0 Å². The molecule has 1 aromatic carbocycles. The maximum Gasteiger partial charge on any atom is 0.344 e. The molecule has 0 heterocycles. The number of carboxylic acids is 1. The van der Waals surface area contributed by atoms with Crippen LogP contribution in [0.25, 0.3) is 0 Å². The highest BCUT2D eigenvalue weighted by molar-refractivity contribution is 5.72. The Morgan fingerprint density at radius 3 is 2.47 bits per heavy atom. The van der Waals surface area contributed by atoms with E-state index in [9.17, 15) is 4.79 Å². The van der Waals surface area contributed by atoms with Crippen LogP contribution < -0.4 is 4.74 Å². The van der Waals surface area contributed by atoms with Crippen molar-refractivity contribution in [2.24, 2.45) is 0 Å². The zero-order chi connectivity index (χ0) is 11.3. The first-order valence-corrected chi connectivity index (χ1v) is 4.55. The molecule has 3 nitrogen and oxygen atoms in total. The van der Waals surface area contributed by atoms with E-state index in [1.54, 1.807) is 31.2 Å². The minimum Gasteiger partial charge on any atom is -0.479 e.